The van der Waals surface area contributed by atoms with Gasteiger partial charge in [-0.1, -0.05) is 195 Å². The molecule has 0 aromatic heterocycles. The van der Waals surface area contributed by atoms with Gasteiger partial charge in [0.25, 0.3) is 0 Å². The lowest BCUT2D eigenvalue weighted by atomic mass is 9.67. The second-order valence-electron chi connectivity index (χ2n) is 18.0. The van der Waals surface area contributed by atoms with Crippen LogP contribution < -0.4 is 20.2 Å². The summed E-state index contributed by atoms with van der Waals surface area (Å²) >= 11 is 0. The average Bonchev–Trinajstić information content (AvgIpc) is 3.61. The van der Waals surface area contributed by atoms with Crippen molar-refractivity contribution >= 4 is 72.1 Å². The standard InChI is InChI=1S/C58H52N2Si2/c1-61(2)49-35-30-47(31-36-49)60(45-26-16-9-17-27-45)56-41-55-57(52-29-19-18-28-51(52)56)53-39-34-48(40-54(53)58(55,42-20-10-6-11-21-42)43-22-12-7-13-23-43)59(44-24-14-8-15-25-44)46-32-37-50(38-33-46)62(3,4)5/h6-41,61H,1-5H3. The molecule has 10 rings (SSSR count). The van der Waals surface area contributed by atoms with E-state index < -0.39 is 22.3 Å². The van der Waals surface area contributed by atoms with Gasteiger partial charge in [-0.05, 0) is 105 Å². The highest BCUT2D eigenvalue weighted by molar-refractivity contribution is 6.88. The van der Waals surface area contributed by atoms with Crippen LogP contribution in [0.15, 0.2) is 218 Å². The normalized spacial score (nSPS) is 12.9. The summed E-state index contributed by atoms with van der Waals surface area (Å²) in [6, 6.07) is 81.7. The summed E-state index contributed by atoms with van der Waals surface area (Å²) in [5.74, 6) is 0. The van der Waals surface area contributed by atoms with Gasteiger partial charge in [-0.3, -0.25) is 0 Å². The Hall–Kier alpha value is -6.73. The largest absolute Gasteiger partial charge is 0.310 e. The molecule has 0 saturated carbocycles. The SMILES string of the molecule is C[SiH](C)c1ccc(N(c2ccccc2)c2cc3c(c4ccccc24)-c2ccc(N(c4ccccc4)c4ccc([Si](C)(C)C)cc4)cc2C3(c2ccccc2)c2ccccc2)cc1. The molecule has 0 spiro atoms. The number of rotatable bonds is 10. The lowest BCUT2D eigenvalue weighted by Gasteiger charge is -2.36. The Balaban J connectivity index is 1.29. The van der Waals surface area contributed by atoms with E-state index in [-0.39, 0.29) is 0 Å². The molecule has 0 radical (unpaired) electrons. The highest BCUT2D eigenvalue weighted by Gasteiger charge is 2.48. The lowest BCUT2D eigenvalue weighted by Crippen LogP contribution is -2.37. The van der Waals surface area contributed by atoms with E-state index in [1.807, 2.05) is 0 Å². The van der Waals surface area contributed by atoms with E-state index in [4.69, 9.17) is 0 Å². The number of anilines is 6. The van der Waals surface area contributed by atoms with Crippen LogP contribution in [-0.4, -0.2) is 16.9 Å². The molecular weight excluding hydrogens is 781 g/mol. The van der Waals surface area contributed by atoms with Gasteiger partial charge in [-0.15, -0.1) is 0 Å². The Bertz CT molecular complexity index is 2960. The predicted octanol–water partition coefficient (Wildman–Crippen LogP) is 14.4. The number of hydrogen-bond acceptors (Lipinski definition) is 2. The van der Waals surface area contributed by atoms with Crippen molar-refractivity contribution in [1.82, 2.24) is 0 Å². The van der Waals surface area contributed by atoms with Gasteiger partial charge in [0, 0.05) is 33.8 Å². The molecule has 0 fully saturated rings. The summed E-state index contributed by atoms with van der Waals surface area (Å²) in [5, 5.41) is 5.39. The Morgan fingerprint density at radius 3 is 1.40 bits per heavy atom. The fourth-order valence-corrected chi connectivity index (χ4v) is 11.9. The van der Waals surface area contributed by atoms with Crippen molar-refractivity contribution in [2.24, 2.45) is 0 Å². The van der Waals surface area contributed by atoms with Crippen molar-refractivity contribution < 1.29 is 0 Å². The molecule has 0 saturated heterocycles. The second kappa shape index (κ2) is 15.9. The van der Waals surface area contributed by atoms with Gasteiger partial charge in [-0.2, -0.15) is 0 Å². The number of para-hydroxylation sites is 2. The Morgan fingerprint density at radius 2 is 0.855 bits per heavy atom. The summed E-state index contributed by atoms with van der Waals surface area (Å²) in [6.07, 6.45) is 0. The fraction of sp³-hybridized carbons (Fsp3) is 0.103. The maximum Gasteiger partial charge on any atom is 0.0775 e. The molecular formula is C58H52N2Si2. The molecule has 2 nitrogen and oxygen atoms in total. The van der Waals surface area contributed by atoms with E-state index in [0.29, 0.717) is 0 Å². The average molecular weight is 833 g/mol. The van der Waals surface area contributed by atoms with Crippen LogP contribution in [0.25, 0.3) is 21.9 Å². The molecule has 1 aliphatic rings. The van der Waals surface area contributed by atoms with E-state index in [1.165, 1.54) is 54.5 Å². The topological polar surface area (TPSA) is 6.48 Å². The van der Waals surface area contributed by atoms with E-state index in [1.54, 1.807) is 0 Å². The minimum Gasteiger partial charge on any atom is -0.310 e. The Morgan fingerprint density at radius 1 is 0.403 bits per heavy atom. The first kappa shape index (κ1) is 39.4. The first-order chi connectivity index (χ1) is 30.2. The van der Waals surface area contributed by atoms with E-state index in [2.05, 4.69) is 261 Å². The highest BCUT2D eigenvalue weighted by atomic mass is 28.3. The van der Waals surface area contributed by atoms with Crippen LogP contribution in [0.3, 0.4) is 0 Å². The van der Waals surface area contributed by atoms with Gasteiger partial charge in [0.2, 0.25) is 0 Å². The quantitative estimate of drug-likeness (QED) is 0.127. The molecule has 62 heavy (non-hydrogen) atoms. The van der Waals surface area contributed by atoms with Crippen LogP contribution in [-0.2, 0) is 5.41 Å². The van der Waals surface area contributed by atoms with Crippen LogP contribution in [0, 0.1) is 0 Å². The summed E-state index contributed by atoms with van der Waals surface area (Å²) in [6.45, 7) is 12.0. The smallest absolute Gasteiger partial charge is 0.0775 e. The molecule has 9 aromatic rings. The minimum atomic E-state index is -1.50. The molecule has 0 N–H and O–H groups in total. The third kappa shape index (κ3) is 6.71. The van der Waals surface area contributed by atoms with E-state index in [0.717, 1.165) is 34.1 Å². The molecule has 302 valence electrons. The highest BCUT2D eigenvalue weighted by Crippen LogP contribution is 2.60. The first-order valence-corrected chi connectivity index (χ1v) is 28.3. The van der Waals surface area contributed by atoms with Crippen LogP contribution in [0.2, 0.25) is 32.7 Å². The predicted molar refractivity (Wildman–Crippen MR) is 272 cm³/mol. The molecule has 0 atom stereocenters. The zero-order valence-electron chi connectivity index (χ0n) is 36.3. The van der Waals surface area contributed by atoms with Crippen molar-refractivity contribution in [2.75, 3.05) is 9.80 Å². The Kier molecular flexibility index (Phi) is 10.1. The fourth-order valence-electron chi connectivity index (χ4n) is 9.78. The van der Waals surface area contributed by atoms with E-state index >= 15 is 0 Å². The maximum absolute atomic E-state index is 2.53. The van der Waals surface area contributed by atoms with Gasteiger partial charge < -0.3 is 9.80 Å². The maximum atomic E-state index is 2.53. The number of nitrogens with zero attached hydrogens (tertiary/aromatic N) is 2. The second-order valence-corrected chi connectivity index (χ2v) is 26.0. The van der Waals surface area contributed by atoms with E-state index in [9.17, 15) is 0 Å². The van der Waals surface area contributed by atoms with Crippen molar-refractivity contribution in [3.05, 3.63) is 241 Å². The zero-order chi connectivity index (χ0) is 42.4. The minimum absolute atomic E-state index is 0.637. The molecule has 0 amide bonds. The zero-order valence-corrected chi connectivity index (χ0v) is 38.4. The number of hydrogen-bond donors (Lipinski definition) is 0. The summed E-state index contributed by atoms with van der Waals surface area (Å²) in [7, 11) is -2.48. The van der Waals surface area contributed by atoms with Gasteiger partial charge in [-0.25, -0.2) is 0 Å². The third-order valence-electron chi connectivity index (χ3n) is 12.9. The summed E-state index contributed by atoms with van der Waals surface area (Å²) in [5.41, 5.74) is 13.8. The van der Waals surface area contributed by atoms with Gasteiger partial charge in [0.1, 0.15) is 0 Å². The van der Waals surface area contributed by atoms with Gasteiger partial charge in [0.05, 0.1) is 28.0 Å². The van der Waals surface area contributed by atoms with Crippen LogP contribution in [0.1, 0.15) is 22.3 Å². The van der Waals surface area contributed by atoms with Crippen molar-refractivity contribution in [1.29, 1.82) is 0 Å². The third-order valence-corrected chi connectivity index (χ3v) is 16.6. The summed E-state index contributed by atoms with van der Waals surface area (Å²) in [4.78, 5) is 4.91. The van der Waals surface area contributed by atoms with Gasteiger partial charge >= 0.3 is 0 Å². The number of fused-ring (bicyclic) bond motifs is 5. The molecule has 1 aliphatic carbocycles. The molecule has 0 bridgehead atoms. The van der Waals surface area contributed by atoms with Crippen LogP contribution in [0.4, 0.5) is 34.1 Å². The van der Waals surface area contributed by atoms with Crippen molar-refractivity contribution in [2.45, 2.75) is 38.2 Å². The van der Waals surface area contributed by atoms with Crippen molar-refractivity contribution in [3.63, 3.8) is 0 Å². The Labute approximate surface area is 370 Å². The summed E-state index contributed by atoms with van der Waals surface area (Å²) < 4.78 is 0. The molecule has 4 heteroatoms. The van der Waals surface area contributed by atoms with Crippen molar-refractivity contribution in [3.8, 4) is 11.1 Å². The molecule has 0 unspecified atom stereocenters. The van der Waals surface area contributed by atoms with Crippen LogP contribution >= 0.6 is 0 Å². The van der Waals surface area contributed by atoms with Gasteiger partial charge in [0.15, 0.2) is 0 Å². The molecule has 0 heterocycles. The lowest BCUT2D eigenvalue weighted by molar-refractivity contribution is 0.769. The first-order valence-electron chi connectivity index (χ1n) is 22.0. The molecule has 9 aromatic carbocycles. The monoisotopic (exact) mass is 832 g/mol. The molecule has 0 aliphatic heterocycles. The van der Waals surface area contributed by atoms with Crippen LogP contribution in [0.5, 0.6) is 0 Å². The number of benzene rings is 9.